The minimum atomic E-state index is -4.25. The van der Waals surface area contributed by atoms with Crippen LogP contribution in [0.15, 0.2) is 35.2 Å². The van der Waals surface area contributed by atoms with Gasteiger partial charge in [0.2, 0.25) is 0 Å². The van der Waals surface area contributed by atoms with Crippen LogP contribution in [0.2, 0.25) is 5.02 Å². The van der Waals surface area contributed by atoms with Crippen LogP contribution in [0.5, 0.6) is 17.2 Å². The molecule has 36 heavy (non-hydrogen) atoms. The summed E-state index contributed by atoms with van der Waals surface area (Å²) in [6.45, 7) is 4.44. The molecule has 10 nitrogen and oxygen atoms in total. The van der Waals surface area contributed by atoms with Crippen LogP contribution in [0, 0.1) is 0 Å². The van der Waals surface area contributed by atoms with E-state index in [1.54, 1.807) is 19.1 Å². The number of ether oxygens (including phenoxy) is 3. The van der Waals surface area contributed by atoms with Gasteiger partial charge in [0.15, 0.2) is 0 Å². The van der Waals surface area contributed by atoms with Crippen LogP contribution >= 0.6 is 23.5 Å². The summed E-state index contributed by atoms with van der Waals surface area (Å²) in [6, 6.07) is 7.24. The van der Waals surface area contributed by atoms with Gasteiger partial charge in [-0.25, -0.2) is 13.1 Å². The highest BCUT2D eigenvalue weighted by Gasteiger charge is 2.32. The van der Waals surface area contributed by atoms with E-state index in [2.05, 4.69) is 10.0 Å². The van der Waals surface area contributed by atoms with Crippen molar-refractivity contribution in [3.63, 3.8) is 0 Å². The Hall–Kier alpha value is -2.67. The lowest BCUT2D eigenvalue weighted by atomic mass is 9.87. The Balaban J connectivity index is 1.92. The summed E-state index contributed by atoms with van der Waals surface area (Å²) in [5, 5.41) is 2.57. The Morgan fingerprint density at radius 1 is 1.19 bits per heavy atom. The van der Waals surface area contributed by atoms with Gasteiger partial charge >= 0.3 is 5.24 Å². The van der Waals surface area contributed by atoms with Gasteiger partial charge in [0.25, 0.3) is 15.9 Å². The normalized spacial score (nSPS) is 15.8. The van der Waals surface area contributed by atoms with E-state index in [4.69, 9.17) is 25.8 Å². The van der Waals surface area contributed by atoms with Crippen molar-refractivity contribution in [1.29, 1.82) is 0 Å². The zero-order valence-electron chi connectivity index (χ0n) is 20.2. The molecular weight excluding hydrogens is 530 g/mol. The second-order valence-electron chi connectivity index (χ2n) is 7.88. The second-order valence-corrected chi connectivity index (χ2v) is 10.8. The van der Waals surface area contributed by atoms with Crippen LogP contribution in [-0.4, -0.2) is 53.0 Å². The van der Waals surface area contributed by atoms with E-state index < -0.39 is 21.3 Å². The first kappa shape index (κ1) is 27.9. The molecule has 2 aromatic rings. The lowest BCUT2D eigenvalue weighted by Gasteiger charge is -2.32. The van der Waals surface area contributed by atoms with Gasteiger partial charge in [-0.2, -0.15) is 0 Å². The van der Waals surface area contributed by atoms with Gasteiger partial charge in [0.1, 0.15) is 22.1 Å². The number of halogens is 1. The number of nitrogens with one attached hydrogen (secondary N) is 3. The van der Waals surface area contributed by atoms with Crippen molar-refractivity contribution in [3.05, 3.63) is 46.5 Å². The molecule has 2 unspecified atom stereocenters. The van der Waals surface area contributed by atoms with E-state index in [1.165, 1.54) is 32.4 Å². The second kappa shape index (κ2) is 12.0. The first-order chi connectivity index (χ1) is 17.1. The fraction of sp³-hybridized carbons (Fsp3) is 0.391. The Morgan fingerprint density at radius 2 is 1.92 bits per heavy atom. The molecule has 1 aliphatic rings. The molecule has 3 N–H and O–H groups in total. The topological polar surface area (TPSA) is 132 Å². The maximum atomic E-state index is 13.0. The molecule has 0 aliphatic carbocycles. The van der Waals surface area contributed by atoms with E-state index in [0.29, 0.717) is 53.6 Å². The molecule has 2 atom stereocenters. The number of hydrogen-bond donors (Lipinski definition) is 3. The molecule has 0 fully saturated rings. The highest BCUT2D eigenvalue weighted by Crippen LogP contribution is 2.41. The minimum absolute atomic E-state index is 0.0310. The van der Waals surface area contributed by atoms with Gasteiger partial charge in [-0.15, -0.1) is 0 Å². The third kappa shape index (κ3) is 6.36. The summed E-state index contributed by atoms with van der Waals surface area (Å²) in [6.07, 6.45) is 0.523. The molecule has 0 spiro atoms. The Kier molecular flexibility index (Phi) is 9.34. The van der Waals surface area contributed by atoms with E-state index in [0.717, 1.165) is 0 Å². The fourth-order valence-electron chi connectivity index (χ4n) is 3.88. The molecule has 13 heteroatoms. The standard InChI is InChI=1S/C23H28ClN3O7S2/c1-5-25-35-23(29)27-36(30,31)21-11-16-15(8-9-34-19(16)12-20(21)33-4)13(2)26-22(28)17-10-14(24)6-7-18(17)32-3/h6-7,10-13,15,25H,5,8-9H2,1-4H3,(H,26,28)(H,27,29). The van der Waals surface area contributed by atoms with Crippen molar-refractivity contribution in [2.45, 2.75) is 37.1 Å². The molecule has 0 bridgehead atoms. The van der Waals surface area contributed by atoms with Crippen molar-refractivity contribution in [1.82, 2.24) is 14.8 Å². The molecule has 0 radical (unpaired) electrons. The van der Waals surface area contributed by atoms with Crippen molar-refractivity contribution in [2.24, 2.45) is 0 Å². The predicted molar refractivity (Wildman–Crippen MR) is 138 cm³/mol. The molecule has 2 amide bonds. The number of carbonyl (C=O) groups is 2. The maximum absolute atomic E-state index is 13.0. The zero-order valence-corrected chi connectivity index (χ0v) is 22.6. The van der Waals surface area contributed by atoms with Crippen LogP contribution < -0.4 is 29.0 Å². The first-order valence-electron chi connectivity index (χ1n) is 11.1. The van der Waals surface area contributed by atoms with E-state index in [1.807, 2.05) is 11.6 Å². The highest BCUT2D eigenvalue weighted by atomic mass is 35.5. The van der Waals surface area contributed by atoms with Gasteiger partial charge in [-0.3, -0.25) is 14.3 Å². The van der Waals surface area contributed by atoms with Crippen molar-refractivity contribution >= 4 is 44.7 Å². The summed E-state index contributed by atoms with van der Waals surface area (Å²) in [7, 11) is -1.46. The molecule has 1 heterocycles. The molecular formula is C23H28ClN3O7S2. The third-order valence-corrected chi connectivity index (χ3v) is 8.00. The maximum Gasteiger partial charge on any atom is 0.307 e. The SMILES string of the molecule is CCNSC(=O)NS(=O)(=O)c1cc2c(cc1OC)OCCC2C(C)NC(=O)c1cc(Cl)ccc1OC. The van der Waals surface area contributed by atoms with Gasteiger partial charge in [-0.1, -0.05) is 18.5 Å². The molecule has 0 saturated carbocycles. The molecule has 2 aromatic carbocycles. The molecule has 0 saturated heterocycles. The summed E-state index contributed by atoms with van der Waals surface area (Å²) in [4.78, 5) is 24.9. The Labute approximate surface area is 219 Å². The summed E-state index contributed by atoms with van der Waals surface area (Å²) in [5.41, 5.74) is 0.850. The van der Waals surface area contributed by atoms with Crippen molar-refractivity contribution in [3.8, 4) is 17.2 Å². The number of benzene rings is 2. The summed E-state index contributed by atoms with van der Waals surface area (Å²) >= 11 is 6.71. The fourth-order valence-corrected chi connectivity index (χ4v) is 5.84. The van der Waals surface area contributed by atoms with Crippen molar-refractivity contribution in [2.75, 3.05) is 27.4 Å². The van der Waals surface area contributed by atoms with E-state index >= 15 is 0 Å². The Morgan fingerprint density at radius 3 is 2.58 bits per heavy atom. The zero-order chi connectivity index (χ0) is 26.5. The number of amides is 2. The van der Waals surface area contributed by atoms with Crippen LogP contribution in [0.4, 0.5) is 4.79 Å². The number of rotatable bonds is 9. The Bertz CT molecular complexity index is 1240. The van der Waals surface area contributed by atoms with Crippen LogP contribution in [-0.2, 0) is 10.0 Å². The van der Waals surface area contributed by atoms with Crippen LogP contribution in [0.3, 0.4) is 0 Å². The lowest BCUT2D eigenvalue weighted by Crippen LogP contribution is -2.39. The van der Waals surface area contributed by atoms with Gasteiger partial charge in [-0.05, 0) is 37.6 Å². The van der Waals surface area contributed by atoms with Gasteiger partial charge in [0.05, 0.1) is 26.4 Å². The number of sulfonamides is 1. The first-order valence-corrected chi connectivity index (χ1v) is 13.7. The minimum Gasteiger partial charge on any atom is -0.496 e. The molecule has 0 aromatic heterocycles. The summed E-state index contributed by atoms with van der Waals surface area (Å²) in [5.74, 6) is 0.180. The lowest BCUT2D eigenvalue weighted by molar-refractivity contribution is 0.0926. The number of hydrogen-bond acceptors (Lipinski definition) is 9. The van der Waals surface area contributed by atoms with Crippen molar-refractivity contribution < 1.29 is 32.2 Å². The third-order valence-electron chi connectivity index (χ3n) is 5.57. The number of methoxy groups -OCH3 is 2. The molecule has 196 valence electrons. The smallest absolute Gasteiger partial charge is 0.307 e. The van der Waals surface area contributed by atoms with Crippen LogP contribution in [0.25, 0.3) is 0 Å². The number of fused-ring (bicyclic) bond motifs is 1. The quantitative estimate of drug-likeness (QED) is 0.395. The van der Waals surface area contributed by atoms with E-state index in [9.17, 15) is 18.0 Å². The van der Waals surface area contributed by atoms with Gasteiger partial charge < -0.3 is 19.5 Å². The molecule has 3 rings (SSSR count). The molecule has 1 aliphatic heterocycles. The van der Waals surface area contributed by atoms with E-state index in [-0.39, 0.29) is 28.0 Å². The number of carbonyl (C=O) groups excluding carboxylic acids is 2. The van der Waals surface area contributed by atoms with Crippen LogP contribution in [0.1, 0.15) is 42.1 Å². The average molecular weight is 558 g/mol. The highest BCUT2D eigenvalue weighted by molar-refractivity contribution is 8.13. The largest absolute Gasteiger partial charge is 0.496 e. The monoisotopic (exact) mass is 557 g/mol. The average Bonchev–Trinajstić information content (AvgIpc) is 2.85. The predicted octanol–water partition coefficient (Wildman–Crippen LogP) is 3.70. The van der Waals surface area contributed by atoms with Gasteiger partial charge in [0, 0.05) is 47.1 Å². The summed E-state index contributed by atoms with van der Waals surface area (Å²) < 4.78 is 47.1.